The van der Waals surface area contributed by atoms with E-state index < -0.39 is 0 Å². The molecule has 0 aliphatic carbocycles. The lowest BCUT2D eigenvalue weighted by atomic mass is 10.1. The molecule has 1 unspecified atom stereocenters. The van der Waals surface area contributed by atoms with Crippen molar-refractivity contribution in [3.05, 3.63) is 24.0 Å². The standard InChI is InChI=1S/C13H18N2O2/c1-3-17-13(16)7-6-11-12-5-4-8-15(12)9-10(2)14-11/h4-5,8,10H,3,6-7,9H2,1-2H3. The first kappa shape index (κ1) is 11.9. The molecule has 1 aromatic rings. The Hall–Kier alpha value is -1.58. The van der Waals surface area contributed by atoms with E-state index in [1.807, 2.05) is 13.0 Å². The normalized spacial score (nSPS) is 18.5. The minimum Gasteiger partial charge on any atom is -0.466 e. The van der Waals surface area contributed by atoms with Crippen molar-refractivity contribution in [1.29, 1.82) is 0 Å². The topological polar surface area (TPSA) is 43.6 Å². The van der Waals surface area contributed by atoms with Crippen molar-refractivity contribution in [2.24, 2.45) is 4.99 Å². The van der Waals surface area contributed by atoms with Gasteiger partial charge in [0.05, 0.1) is 30.5 Å². The Balaban J connectivity index is 2.03. The number of carbonyl (C=O) groups excluding carboxylic acids is 1. The summed E-state index contributed by atoms with van der Waals surface area (Å²) in [7, 11) is 0. The van der Waals surface area contributed by atoms with Crippen molar-refractivity contribution in [2.45, 2.75) is 39.3 Å². The molecule has 4 heteroatoms. The van der Waals surface area contributed by atoms with Gasteiger partial charge < -0.3 is 9.30 Å². The van der Waals surface area contributed by atoms with Crippen LogP contribution in [-0.4, -0.2) is 28.9 Å². The second-order valence-corrected chi connectivity index (χ2v) is 4.28. The van der Waals surface area contributed by atoms with Crippen LogP contribution in [0.3, 0.4) is 0 Å². The molecule has 0 amide bonds. The largest absolute Gasteiger partial charge is 0.466 e. The second kappa shape index (κ2) is 5.17. The SMILES string of the molecule is CCOC(=O)CCC1=NC(C)Cn2cccc21. The van der Waals surface area contributed by atoms with Crippen molar-refractivity contribution in [3.63, 3.8) is 0 Å². The molecule has 1 atom stereocenters. The fourth-order valence-corrected chi connectivity index (χ4v) is 2.14. The highest BCUT2D eigenvalue weighted by Gasteiger charge is 2.18. The maximum atomic E-state index is 11.3. The quantitative estimate of drug-likeness (QED) is 0.748. The molecule has 1 aliphatic heterocycles. The summed E-state index contributed by atoms with van der Waals surface area (Å²) in [5.41, 5.74) is 2.15. The van der Waals surface area contributed by atoms with Crippen LogP contribution in [0.5, 0.6) is 0 Å². The van der Waals surface area contributed by atoms with Crippen LogP contribution < -0.4 is 0 Å². The van der Waals surface area contributed by atoms with Gasteiger partial charge in [0.25, 0.3) is 0 Å². The lowest BCUT2D eigenvalue weighted by Gasteiger charge is -2.20. The van der Waals surface area contributed by atoms with Crippen LogP contribution in [0.1, 0.15) is 32.4 Å². The Bertz CT molecular complexity index is 434. The molecule has 0 spiro atoms. The smallest absolute Gasteiger partial charge is 0.306 e. The summed E-state index contributed by atoms with van der Waals surface area (Å²) in [5.74, 6) is -0.147. The summed E-state index contributed by atoms with van der Waals surface area (Å²) >= 11 is 0. The fourth-order valence-electron chi connectivity index (χ4n) is 2.14. The number of carbonyl (C=O) groups is 1. The van der Waals surface area contributed by atoms with Crippen LogP contribution in [0, 0.1) is 0 Å². The number of hydrogen-bond donors (Lipinski definition) is 0. The van der Waals surface area contributed by atoms with Crippen LogP contribution in [0.2, 0.25) is 0 Å². The molecule has 0 fully saturated rings. The van der Waals surface area contributed by atoms with Gasteiger partial charge in [-0.2, -0.15) is 0 Å². The maximum Gasteiger partial charge on any atom is 0.306 e. The van der Waals surface area contributed by atoms with Gasteiger partial charge in [-0.1, -0.05) is 0 Å². The number of rotatable bonds is 4. The van der Waals surface area contributed by atoms with E-state index in [1.54, 1.807) is 0 Å². The van der Waals surface area contributed by atoms with Crippen LogP contribution in [0.15, 0.2) is 23.3 Å². The number of aliphatic imine (C=N–C) groups is 1. The summed E-state index contributed by atoms with van der Waals surface area (Å²) in [5, 5.41) is 0. The molecule has 4 nitrogen and oxygen atoms in total. The van der Waals surface area contributed by atoms with Gasteiger partial charge in [-0.3, -0.25) is 9.79 Å². The molecular weight excluding hydrogens is 216 g/mol. The molecule has 1 aromatic heterocycles. The highest BCUT2D eigenvalue weighted by Crippen LogP contribution is 2.16. The van der Waals surface area contributed by atoms with Gasteiger partial charge in [-0.15, -0.1) is 0 Å². The molecule has 0 aromatic carbocycles. The zero-order valence-electron chi connectivity index (χ0n) is 10.3. The van der Waals surface area contributed by atoms with Crippen molar-refractivity contribution in [3.8, 4) is 0 Å². The number of nitrogens with zero attached hydrogens (tertiary/aromatic N) is 2. The first-order valence-corrected chi connectivity index (χ1v) is 6.08. The zero-order chi connectivity index (χ0) is 12.3. The lowest BCUT2D eigenvalue weighted by Crippen LogP contribution is -2.24. The highest BCUT2D eigenvalue weighted by atomic mass is 16.5. The lowest BCUT2D eigenvalue weighted by molar-refractivity contribution is -0.142. The number of aromatic nitrogens is 1. The van der Waals surface area contributed by atoms with E-state index in [4.69, 9.17) is 4.74 Å². The van der Waals surface area contributed by atoms with Gasteiger partial charge in [-0.25, -0.2) is 0 Å². The molecule has 0 N–H and O–H groups in total. The minimum atomic E-state index is -0.147. The third-order valence-corrected chi connectivity index (χ3v) is 2.83. The van der Waals surface area contributed by atoms with Crippen LogP contribution in [0.4, 0.5) is 0 Å². The summed E-state index contributed by atoms with van der Waals surface area (Å²) in [6.07, 6.45) is 3.13. The Morgan fingerprint density at radius 1 is 1.65 bits per heavy atom. The minimum absolute atomic E-state index is 0.147. The third kappa shape index (κ3) is 2.75. The number of hydrogen-bond acceptors (Lipinski definition) is 3. The number of fused-ring (bicyclic) bond motifs is 1. The molecule has 0 radical (unpaired) electrons. The molecule has 0 saturated heterocycles. The zero-order valence-corrected chi connectivity index (χ0v) is 10.3. The monoisotopic (exact) mass is 234 g/mol. The number of ether oxygens (including phenoxy) is 1. The molecule has 1 aliphatic rings. The third-order valence-electron chi connectivity index (χ3n) is 2.83. The summed E-state index contributed by atoms with van der Waals surface area (Å²) < 4.78 is 7.12. The Morgan fingerprint density at radius 3 is 3.24 bits per heavy atom. The molecule has 92 valence electrons. The van der Waals surface area contributed by atoms with Crippen LogP contribution in [0.25, 0.3) is 0 Å². The van der Waals surface area contributed by atoms with Gasteiger partial charge >= 0.3 is 5.97 Å². The van der Waals surface area contributed by atoms with Gasteiger partial charge in [-0.05, 0) is 26.0 Å². The Morgan fingerprint density at radius 2 is 2.47 bits per heavy atom. The van der Waals surface area contributed by atoms with E-state index in [9.17, 15) is 4.79 Å². The van der Waals surface area contributed by atoms with Crippen molar-refractivity contribution < 1.29 is 9.53 Å². The van der Waals surface area contributed by atoms with Gasteiger partial charge in [0.1, 0.15) is 0 Å². The van der Waals surface area contributed by atoms with E-state index in [1.165, 1.54) is 0 Å². The summed E-state index contributed by atoms with van der Waals surface area (Å²) in [4.78, 5) is 15.9. The van der Waals surface area contributed by atoms with Crippen molar-refractivity contribution >= 4 is 11.7 Å². The van der Waals surface area contributed by atoms with E-state index in [0.29, 0.717) is 19.4 Å². The average molecular weight is 234 g/mol. The Labute approximate surface area is 101 Å². The van der Waals surface area contributed by atoms with E-state index in [0.717, 1.165) is 18.0 Å². The Kier molecular flexibility index (Phi) is 3.61. The molecule has 2 heterocycles. The molecule has 17 heavy (non-hydrogen) atoms. The summed E-state index contributed by atoms with van der Waals surface area (Å²) in [6.45, 7) is 5.28. The molecular formula is C13H18N2O2. The highest BCUT2D eigenvalue weighted by molar-refractivity contribution is 6.01. The first-order chi connectivity index (χ1) is 8.20. The predicted molar refractivity (Wildman–Crippen MR) is 66.3 cm³/mol. The average Bonchev–Trinajstić information content (AvgIpc) is 2.74. The van der Waals surface area contributed by atoms with Gasteiger partial charge in [0.2, 0.25) is 0 Å². The second-order valence-electron chi connectivity index (χ2n) is 4.28. The summed E-state index contributed by atoms with van der Waals surface area (Å²) in [6, 6.07) is 4.36. The molecule has 0 bridgehead atoms. The van der Waals surface area contributed by atoms with Gasteiger partial charge in [0.15, 0.2) is 0 Å². The van der Waals surface area contributed by atoms with Crippen molar-refractivity contribution in [2.75, 3.05) is 6.61 Å². The van der Waals surface area contributed by atoms with Crippen LogP contribution >= 0.6 is 0 Å². The van der Waals surface area contributed by atoms with E-state index in [-0.39, 0.29) is 12.0 Å². The maximum absolute atomic E-state index is 11.3. The fraction of sp³-hybridized carbons (Fsp3) is 0.538. The first-order valence-electron chi connectivity index (χ1n) is 6.08. The van der Waals surface area contributed by atoms with E-state index in [2.05, 4.69) is 28.7 Å². The van der Waals surface area contributed by atoms with Crippen LogP contribution in [-0.2, 0) is 16.1 Å². The van der Waals surface area contributed by atoms with Crippen molar-refractivity contribution in [1.82, 2.24) is 4.57 Å². The predicted octanol–water partition coefficient (Wildman–Crippen LogP) is 2.02. The molecule has 2 rings (SSSR count). The number of esters is 1. The van der Waals surface area contributed by atoms with E-state index >= 15 is 0 Å². The van der Waals surface area contributed by atoms with Gasteiger partial charge in [0, 0.05) is 19.2 Å². The molecule has 0 saturated carbocycles.